The normalized spacial score (nSPS) is 24.1. The highest BCUT2D eigenvalue weighted by Gasteiger charge is 2.18. The summed E-state index contributed by atoms with van der Waals surface area (Å²) >= 11 is 0. The first-order valence-electron chi connectivity index (χ1n) is 6.41. The molecule has 15 heavy (non-hydrogen) atoms. The molecule has 1 saturated carbocycles. The largest absolute Gasteiger partial charge is 0.310 e. The van der Waals surface area contributed by atoms with Crippen LogP contribution in [0, 0.1) is 0 Å². The van der Waals surface area contributed by atoms with Gasteiger partial charge in [0.15, 0.2) is 0 Å². The van der Waals surface area contributed by atoms with Gasteiger partial charge in [-0.25, -0.2) is 0 Å². The summed E-state index contributed by atoms with van der Waals surface area (Å²) in [5.74, 6) is 0. The van der Waals surface area contributed by atoms with Gasteiger partial charge in [0.05, 0.1) is 0 Å². The lowest BCUT2D eigenvalue weighted by Gasteiger charge is -2.31. The first-order valence-corrected chi connectivity index (χ1v) is 6.41. The minimum atomic E-state index is 0.697. The molecule has 0 radical (unpaired) electrons. The highest BCUT2D eigenvalue weighted by atomic mass is 15.1. The molecular formula is C13H24N2. The van der Waals surface area contributed by atoms with E-state index in [1.165, 1.54) is 32.2 Å². The number of hydrogen-bond acceptors (Lipinski definition) is 2. The molecule has 2 rings (SSSR count). The molecule has 0 unspecified atom stereocenters. The zero-order chi connectivity index (χ0) is 10.7. The van der Waals surface area contributed by atoms with Gasteiger partial charge in [-0.2, -0.15) is 0 Å². The van der Waals surface area contributed by atoms with Gasteiger partial charge in [0.2, 0.25) is 0 Å². The average molecular weight is 208 g/mol. The van der Waals surface area contributed by atoms with Crippen molar-refractivity contribution in [1.82, 2.24) is 10.2 Å². The van der Waals surface area contributed by atoms with Crippen LogP contribution in [0.4, 0.5) is 0 Å². The molecule has 1 fully saturated rings. The smallest absolute Gasteiger partial charge is 0.0169 e. The van der Waals surface area contributed by atoms with Crippen molar-refractivity contribution in [2.24, 2.45) is 0 Å². The molecule has 0 spiro atoms. The Morgan fingerprint density at radius 2 is 2.27 bits per heavy atom. The molecule has 0 amide bonds. The van der Waals surface area contributed by atoms with Crippen LogP contribution in [0.15, 0.2) is 11.6 Å². The maximum Gasteiger partial charge on any atom is 0.0169 e. The average Bonchev–Trinajstić information content (AvgIpc) is 2.16. The number of rotatable bonds is 4. The van der Waals surface area contributed by atoms with Crippen molar-refractivity contribution in [1.29, 1.82) is 0 Å². The first-order chi connectivity index (χ1) is 7.25. The molecule has 0 atom stereocenters. The summed E-state index contributed by atoms with van der Waals surface area (Å²) in [4.78, 5) is 2.53. The maximum atomic E-state index is 3.65. The van der Waals surface area contributed by atoms with Gasteiger partial charge in [-0.3, -0.25) is 4.90 Å². The highest BCUT2D eigenvalue weighted by molar-refractivity contribution is 5.10. The van der Waals surface area contributed by atoms with E-state index in [2.05, 4.69) is 30.1 Å². The van der Waals surface area contributed by atoms with Gasteiger partial charge < -0.3 is 5.32 Å². The van der Waals surface area contributed by atoms with Gasteiger partial charge in [0, 0.05) is 31.7 Å². The SMILES string of the molecule is CC(C)N1CC=C(CNC2CCC2)CC1. The molecular weight excluding hydrogens is 184 g/mol. The van der Waals surface area contributed by atoms with Crippen LogP contribution in [0.3, 0.4) is 0 Å². The van der Waals surface area contributed by atoms with E-state index in [1.807, 2.05) is 0 Å². The second-order valence-corrected chi connectivity index (χ2v) is 5.21. The summed E-state index contributed by atoms with van der Waals surface area (Å²) in [5, 5.41) is 3.65. The summed E-state index contributed by atoms with van der Waals surface area (Å²) in [6.45, 7) is 8.10. The van der Waals surface area contributed by atoms with Crippen molar-refractivity contribution >= 4 is 0 Å². The predicted molar refractivity (Wildman–Crippen MR) is 65.1 cm³/mol. The Hall–Kier alpha value is -0.340. The van der Waals surface area contributed by atoms with Crippen LogP contribution < -0.4 is 5.32 Å². The van der Waals surface area contributed by atoms with Crippen LogP contribution in [-0.2, 0) is 0 Å². The Bertz CT molecular complexity index is 229. The van der Waals surface area contributed by atoms with E-state index < -0.39 is 0 Å². The molecule has 1 heterocycles. The van der Waals surface area contributed by atoms with Crippen LogP contribution in [-0.4, -0.2) is 36.6 Å². The van der Waals surface area contributed by atoms with Crippen LogP contribution in [0.1, 0.15) is 39.5 Å². The zero-order valence-electron chi connectivity index (χ0n) is 10.1. The molecule has 1 aliphatic heterocycles. The summed E-state index contributed by atoms with van der Waals surface area (Å²) in [6.07, 6.45) is 7.90. The molecule has 2 heteroatoms. The second-order valence-electron chi connectivity index (χ2n) is 5.21. The van der Waals surface area contributed by atoms with Gasteiger partial charge in [0.25, 0.3) is 0 Å². The fourth-order valence-corrected chi connectivity index (χ4v) is 2.24. The minimum absolute atomic E-state index is 0.697. The lowest BCUT2D eigenvalue weighted by Crippen LogP contribution is -2.39. The Kier molecular flexibility index (Phi) is 3.81. The molecule has 0 bridgehead atoms. The fourth-order valence-electron chi connectivity index (χ4n) is 2.24. The van der Waals surface area contributed by atoms with Crippen LogP contribution in [0.2, 0.25) is 0 Å². The van der Waals surface area contributed by atoms with Gasteiger partial charge >= 0.3 is 0 Å². The Morgan fingerprint density at radius 1 is 1.47 bits per heavy atom. The van der Waals surface area contributed by atoms with Crippen LogP contribution in [0.5, 0.6) is 0 Å². The third-order valence-corrected chi connectivity index (χ3v) is 3.79. The summed E-state index contributed by atoms with van der Waals surface area (Å²) in [6, 6.07) is 1.52. The summed E-state index contributed by atoms with van der Waals surface area (Å²) < 4.78 is 0. The lowest BCUT2D eigenvalue weighted by atomic mass is 9.93. The number of nitrogens with zero attached hydrogens (tertiary/aromatic N) is 1. The highest BCUT2D eigenvalue weighted by Crippen LogP contribution is 2.19. The topological polar surface area (TPSA) is 15.3 Å². The molecule has 86 valence electrons. The van der Waals surface area contributed by atoms with E-state index in [-0.39, 0.29) is 0 Å². The Labute approximate surface area is 93.7 Å². The summed E-state index contributed by atoms with van der Waals surface area (Å²) in [5.41, 5.74) is 1.62. The third-order valence-electron chi connectivity index (χ3n) is 3.79. The van der Waals surface area contributed by atoms with Gasteiger partial charge in [-0.1, -0.05) is 18.1 Å². The first kappa shape index (κ1) is 11.2. The van der Waals surface area contributed by atoms with E-state index in [0.717, 1.165) is 19.1 Å². The van der Waals surface area contributed by atoms with Crippen LogP contribution in [0.25, 0.3) is 0 Å². The Balaban J connectivity index is 1.70. The maximum absolute atomic E-state index is 3.65. The lowest BCUT2D eigenvalue weighted by molar-refractivity contribution is 0.236. The van der Waals surface area contributed by atoms with E-state index in [0.29, 0.717) is 6.04 Å². The van der Waals surface area contributed by atoms with Crippen molar-refractivity contribution in [3.63, 3.8) is 0 Å². The minimum Gasteiger partial charge on any atom is -0.310 e. The van der Waals surface area contributed by atoms with Gasteiger partial charge in [-0.15, -0.1) is 0 Å². The molecule has 0 aromatic heterocycles. The van der Waals surface area contributed by atoms with Crippen molar-refractivity contribution in [3.05, 3.63) is 11.6 Å². The second kappa shape index (κ2) is 5.13. The van der Waals surface area contributed by atoms with E-state index in [4.69, 9.17) is 0 Å². The molecule has 0 aromatic carbocycles. The third kappa shape index (κ3) is 3.05. The molecule has 1 N–H and O–H groups in total. The summed E-state index contributed by atoms with van der Waals surface area (Å²) in [7, 11) is 0. The molecule has 0 saturated heterocycles. The molecule has 1 aliphatic carbocycles. The zero-order valence-corrected chi connectivity index (χ0v) is 10.1. The Morgan fingerprint density at radius 3 is 2.73 bits per heavy atom. The number of nitrogens with one attached hydrogen (secondary N) is 1. The quantitative estimate of drug-likeness (QED) is 0.712. The standard InChI is InChI=1S/C13H24N2/c1-11(2)15-8-6-12(7-9-15)10-14-13-4-3-5-13/h6,11,13-14H,3-5,7-10H2,1-2H3. The molecule has 2 nitrogen and oxygen atoms in total. The van der Waals surface area contributed by atoms with Gasteiger partial charge in [-0.05, 0) is 33.1 Å². The van der Waals surface area contributed by atoms with E-state index in [9.17, 15) is 0 Å². The van der Waals surface area contributed by atoms with Crippen LogP contribution >= 0.6 is 0 Å². The fraction of sp³-hybridized carbons (Fsp3) is 0.846. The van der Waals surface area contributed by atoms with Crippen molar-refractivity contribution in [2.75, 3.05) is 19.6 Å². The number of hydrogen-bond donors (Lipinski definition) is 1. The van der Waals surface area contributed by atoms with Crippen molar-refractivity contribution < 1.29 is 0 Å². The molecule has 0 aromatic rings. The monoisotopic (exact) mass is 208 g/mol. The molecule has 2 aliphatic rings. The van der Waals surface area contributed by atoms with Crippen molar-refractivity contribution in [2.45, 2.75) is 51.6 Å². The van der Waals surface area contributed by atoms with Gasteiger partial charge in [0.1, 0.15) is 0 Å². The van der Waals surface area contributed by atoms with E-state index >= 15 is 0 Å². The predicted octanol–water partition coefficient (Wildman–Crippen LogP) is 2.17. The van der Waals surface area contributed by atoms with E-state index in [1.54, 1.807) is 5.57 Å². The van der Waals surface area contributed by atoms with Crippen molar-refractivity contribution in [3.8, 4) is 0 Å².